The summed E-state index contributed by atoms with van der Waals surface area (Å²) in [6.45, 7) is 4.21. The van der Waals surface area contributed by atoms with Crippen molar-refractivity contribution < 1.29 is 4.79 Å². The van der Waals surface area contributed by atoms with Crippen LogP contribution in [0, 0.1) is 6.92 Å². The number of rotatable bonds is 6. The summed E-state index contributed by atoms with van der Waals surface area (Å²) >= 11 is 0. The minimum absolute atomic E-state index is 0.0667. The molecule has 1 aromatic carbocycles. The largest absolute Gasteiger partial charge is 0.370 e. The van der Waals surface area contributed by atoms with Crippen molar-refractivity contribution in [3.8, 4) is 11.4 Å². The Kier molecular flexibility index (Phi) is 5.53. The second-order valence-corrected chi connectivity index (χ2v) is 6.01. The molecule has 2 N–H and O–H groups in total. The first-order valence-corrected chi connectivity index (χ1v) is 8.46. The molecule has 0 unspecified atom stereocenters. The van der Waals surface area contributed by atoms with Crippen molar-refractivity contribution in [1.29, 1.82) is 0 Å². The maximum Gasteiger partial charge on any atom is 0.221 e. The van der Waals surface area contributed by atoms with E-state index in [1.807, 2.05) is 49.4 Å². The van der Waals surface area contributed by atoms with E-state index in [2.05, 4.69) is 25.6 Å². The van der Waals surface area contributed by atoms with Crippen molar-refractivity contribution in [1.82, 2.24) is 15.0 Å². The molecule has 0 bridgehead atoms. The third kappa shape index (κ3) is 4.86. The van der Waals surface area contributed by atoms with Gasteiger partial charge in [-0.1, -0.05) is 12.1 Å². The van der Waals surface area contributed by atoms with Crippen LogP contribution in [0.15, 0.2) is 54.9 Å². The van der Waals surface area contributed by atoms with Crippen LogP contribution in [0.25, 0.3) is 11.4 Å². The predicted octanol–water partition coefficient (Wildman–Crippen LogP) is 3.46. The van der Waals surface area contributed by atoms with Crippen molar-refractivity contribution >= 4 is 17.4 Å². The Balaban J connectivity index is 1.61. The third-order valence-electron chi connectivity index (χ3n) is 3.77. The van der Waals surface area contributed by atoms with E-state index in [-0.39, 0.29) is 5.91 Å². The van der Waals surface area contributed by atoms with Gasteiger partial charge in [0, 0.05) is 48.9 Å². The number of carbonyl (C=O) groups excluding carboxylic acids is 1. The molecule has 0 atom stereocenters. The Morgan fingerprint density at radius 3 is 2.62 bits per heavy atom. The van der Waals surface area contributed by atoms with Gasteiger partial charge in [0.05, 0.1) is 0 Å². The molecule has 0 spiro atoms. The number of aromatic nitrogens is 3. The van der Waals surface area contributed by atoms with Crippen molar-refractivity contribution in [2.45, 2.75) is 20.3 Å². The van der Waals surface area contributed by atoms with Gasteiger partial charge < -0.3 is 10.6 Å². The second-order valence-electron chi connectivity index (χ2n) is 6.01. The molecule has 0 saturated heterocycles. The van der Waals surface area contributed by atoms with Crippen molar-refractivity contribution in [2.24, 2.45) is 0 Å². The zero-order valence-corrected chi connectivity index (χ0v) is 14.9. The summed E-state index contributed by atoms with van der Waals surface area (Å²) in [5, 5.41) is 6.12. The first-order valence-electron chi connectivity index (χ1n) is 8.46. The molecule has 3 aromatic rings. The minimum atomic E-state index is -0.0667. The lowest BCUT2D eigenvalue weighted by atomic mass is 10.1. The number of pyridine rings is 1. The monoisotopic (exact) mass is 347 g/mol. The number of hydrogen-bond donors (Lipinski definition) is 2. The number of aryl methyl sites for hydroxylation is 1. The van der Waals surface area contributed by atoms with Crippen molar-refractivity contribution in [3.05, 3.63) is 66.1 Å². The van der Waals surface area contributed by atoms with Gasteiger partial charge in [0.25, 0.3) is 0 Å². The molecular formula is C20H21N5O. The number of amides is 1. The molecule has 1 amide bonds. The summed E-state index contributed by atoms with van der Waals surface area (Å²) in [5.41, 5.74) is 3.79. The van der Waals surface area contributed by atoms with Gasteiger partial charge >= 0.3 is 0 Å². The standard InChI is InChI=1S/C20H21N5O/c1-14-12-19(25-20(23-14)17-4-3-10-21-13-17)22-11-9-16-5-7-18(8-6-16)24-15(2)26/h3-8,10,12-13H,9,11H2,1-2H3,(H,24,26)(H,22,23,25). The molecule has 0 aliphatic carbocycles. The van der Waals surface area contributed by atoms with Gasteiger partial charge in [-0.2, -0.15) is 0 Å². The summed E-state index contributed by atoms with van der Waals surface area (Å²) in [4.78, 5) is 24.2. The van der Waals surface area contributed by atoms with Crippen LogP contribution in [0.5, 0.6) is 0 Å². The van der Waals surface area contributed by atoms with E-state index in [1.165, 1.54) is 12.5 Å². The summed E-state index contributed by atoms with van der Waals surface area (Å²) < 4.78 is 0. The highest BCUT2D eigenvalue weighted by molar-refractivity contribution is 5.88. The molecule has 6 heteroatoms. The van der Waals surface area contributed by atoms with Gasteiger partial charge in [0.1, 0.15) is 5.82 Å². The van der Waals surface area contributed by atoms with Crippen molar-refractivity contribution in [2.75, 3.05) is 17.2 Å². The molecule has 0 aliphatic rings. The molecule has 6 nitrogen and oxygen atoms in total. The van der Waals surface area contributed by atoms with E-state index in [0.717, 1.165) is 35.7 Å². The maximum absolute atomic E-state index is 11.0. The lowest BCUT2D eigenvalue weighted by Crippen LogP contribution is -2.08. The number of carbonyl (C=O) groups is 1. The lowest BCUT2D eigenvalue weighted by molar-refractivity contribution is -0.114. The molecule has 0 aliphatic heterocycles. The van der Waals surface area contributed by atoms with Gasteiger partial charge in [-0.25, -0.2) is 9.97 Å². The second kappa shape index (κ2) is 8.20. The molecule has 2 aromatic heterocycles. The number of hydrogen-bond acceptors (Lipinski definition) is 5. The summed E-state index contributed by atoms with van der Waals surface area (Å²) in [5.74, 6) is 1.40. The quantitative estimate of drug-likeness (QED) is 0.714. The number of anilines is 2. The topological polar surface area (TPSA) is 79.8 Å². The fraction of sp³-hybridized carbons (Fsp3) is 0.200. The molecule has 2 heterocycles. The van der Waals surface area contributed by atoms with Crippen LogP contribution >= 0.6 is 0 Å². The van der Waals surface area contributed by atoms with Crippen molar-refractivity contribution in [3.63, 3.8) is 0 Å². The number of nitrogens with one attached hydrogen (secondary N) is 2. The van der Waals surface area contributed by atoms with E-state index in [4.69, 9.17) is 0 Å². The summed E-state index contributed by atoms with van der Waals surface area (Å²) in [6.07, 6.45) is 4.34. The van der Waals surface area contributed by atoms with E-state index < -0.39 is 0 Å². The average Bonchev–Trinajstić information content (AvgIpc) is 2.63. The van der Waals surface area contributed by atoms with E-state index >= 15 is 0 Å². The van der Waals surface area contributed by atoms with Gasteiger partial charge in [-0.3, -0.25) is 9.78 Å². The van der Waals surface area contributed by atoms with Gasteiger partial charge in [0.2, 0.25) is 5.91 Å². The van der Waals surface area contributed by atoms with Crippen LogP contribution < -0.4 is 10.6 Å². The summed E-state index contributed by atoms with van der Waals surface area (Å²) in [6, 6.07) is 13.6. The number of nitrogens with zero attached hydrogens (tertiary/aromatic N) is 3. The Labute approximate surface area is 152 Å². The third-order valence-corrected chi connectivity index (χ3v) is 3.77. The highest BCUT2D eigenvalue weighted by Crippen LogP contribution is 2.17. The highest BCUT2D eigenvalue weighted by Gasteiger charge is 2.05. The summed E-state index contributed by atoms with van der Waals surface area (Å²) in [7, 11) is 0. The van der Waals surface area contributed by atoms with Gasteiger partial charge in [-0.05, 0) is 43.2 Å². The van der Waals surface area contributed by atoms with Crippen LogP contribution in [-0.2, 0) is 11.2 Å². The number of benzene rings is 1. The molecule has 3 rings (SSSR count). The van der Waals surface area contributed by atoms with E-state index in [0.29, 0.717) is 5.82 Å². The zero-order valence-electron chi connectivity index (χ0n) is 14.9. The van der Waals surface area contributed by atoms with E-state index in [9.17, 15) is 4.79 Å². The molecule has 0 radical (unpaired) electrons. The zero-order chi connectivity index (χ0) is 18.4. The Morgan fingerprint density at radius 2 is 1.92 bits per heavy atom. The fourth-order valence-corrected chi connectivity index (χ4v) is 2.58. The van der Waals surface area contributed by atoms with Crippen LogP contribution in [0.3, 0.4) is 0 Å². The first kappa shape index (κ1) is 17.5. The molecule has 0 fully saturated rings. The minimum Gasteiger partial charge on any atom is -0.370 e. The molecule has 132 valence electrons. The van der Waals surface area contributed by atoms with Crippen LogP contribution in [-0.4, -0.2) is 27.4 Å². The van der Waals surface area contributed by atoms with Gasteiger partial charge in [-0.15, -0.1) is 0 Å². The normalized spacial score (nSPS) is 10.4. The Hall–Kier alpha value is -3.28. The van der Waals surface area contributed by atoms with Crippen LogP contribution in [0.4, 0.5) is 11.5 Å². The Bertz CT molecular complexity index is 878. The van der Waals surface area contributed by atoms with Gasteiger partial charge in [0.15, 0.2) is 5.82 Å². The fourth-order valence-electron chi connectivity index (χ4n) is 2.58. The van der Waals surface area contributed by atoms with E-state index in [1.54, 1.807) is 12.4 Å². The average molecular weight is 347 g/mol. The lowest BCUT2D eigenvalue weighted by Gasteiger charge is -2.09. The van der Waals surface area contributed by atoms with Crippen LogP contribution in [0.1, 0.15) is 18.2 Å². The molecule has 26 heavy (non-hydrogen) atoms. The van der Waals surface area contributed by atoms with Crippen LogP contribution in [0.2, 0.25) is 0 Å². The molecular weight excluding hydrogens is 326 g/mol. The smallest absolute Gasteiger partial charge is 0.221 e. The SMILES string of the molecule is CC(=O)Nc1ccc(CCNc2cc(C)nc(-c3cccnc3)n2)cc1. The predicted molar refractivity (Wildman–Crippen MR) is 103 cm³/mol. The Morgan fingerprint density at radius 1 is 1.12 bits per heavy atom. The first-order chi connectivity index (χ1) is 12.6. The maximum atomic E-state index is 11.0. The highest BCUT2D eigenvalue weighted by atomic mass is 16.1. The molecule has 0 saturated carbocycles.